The third kappa shape index (κ3) is 2.01. The van der Waals surface area contributed by atoms with Crippen LogP contribution in [-0.4, -0.2) is 5.05 Å². The van der Waals surface area contributed by atoms with Gasteiger partial charge in [0.2, 0.25) is 0 Å². The van der Waals surface area contributed by atoms with Crippen LogP contribution in [0.4, 0.5) is 0 Å². The van der Waals surface area contributed by atoms with Crippen molar-refractivity contribution >= 4 is 30.2 Å². The fourth-order valence-electron chi connectivity index (χ4n) is 5.01. The van der Waals surface area contributed by atoms with Gasteiger partial charge in [-0.3, -0.25) is 0 Å². The Labute approximate surface area is 109 Å². The molecule has 90 valence electrons. The molecule has 3 heteroatoms. The molecule has 0 aliphatic heterocycles. The molecule has 16 heavy (non-hydrogen) atoms. The summed E-state index contributed by atoms with van der Waals surface area (Å²) >= 11 is 8.90. The van der Waals surface area contributed by atoms with E-state index in [9.17, 15) is 0 Å². The van der Waals surface area contributed by atoms with Crippen molar-refractivity contribution in [2.75, 3.05) is 0 Å². The molecule has 0 amide bonds. The maximum Gasteiger partial charge on any atom is 0.176 e. The molecule has 1 nitrogen and oxygen atoms in total. The fraction of sp³-hybridized carbons (Fsp3) is 0.923. The van der Waals surface area contributed by atoms with Crippen molar-refractivity contribution in [2.24, 2.45) is 23.2 Å². The zero-order chi connectivity index (χ0) is 11.2. The van der Waals surface area contributed by atoms with Gasteiger partial charge in [0, 0.05) is 19.3 Å². The van der Waals surface area contributed by atoms with Gasteiger partial charge in [0.25, 0.3) is 0 Å². The molecule has 4 rings (SSSR count). The Balaban J connectivity index is 1.67. The standard InChI is InChI=1S/C13H20OS2/c15-12(14-16)1-2-13-6-9-3-10(7-13)5-11(4-9)8-13/h9-11,16H,1-8H2. The van der Waals surface area contributed by atoms with E-state index in [1.54, 1.807) is 0 Å². The monoisotopic (exact) mass is 256 g/mol. The summed E-state index contributed by atoms with van der Waals surface area (Å²) in [6.07, 6.45) is 11.1. The average molecular weight is 256 g/mol. The lowest BCUT2D eigenvalue weighted by Gasteiger charge is -2.57. The van der Waals surface area contributed by atoms with Crippen molar-refractivity contribution in [1.29, 1.82) is 0 Å². The number of hydrogen-bond donors (Lipinski definition) is 1. The van der Waals surface area contributed by atoms with Crippen LogP contribution in [-0.2, 0) is 4.18 Å². The van der Waals surface area contributed by atoms with Gasteiger partial charge in [0.1, 0.15) is 0 Å². The molecule has 4 aliphatic carbocycles. The molecule has 0 aromatic heterocycles. The van der Waals surface area contributed by atoms with E-state index in [1.807, 2.05) is 0 Å². The molecule has 0 N–H and O–H groups in total. The first-order valence-corrected chi connectivity index (χ1v) is 7.31. The SMILES string of the molecule is S=C(CCC12CC3CC(CC(C3)C1)C2)OS. The van der Waals surface area contributed by atoms with E-state index in [4.69, 9.17) is 16.4 Å². The van der Waals surface area contributed by atoms with Crippen LogP contribution in [0.1, 0.15) is 51.4 Å². The summed E-state index contributed by atoms with van der Waals surface area (Å²) in [4.78, 5) is 0. The van der Waals surface area contributed by atoms with Crippen molar-refractivity contribution < 1.29 is 4.18 Å². The summed E-state index contributed by atoms with van der Waals surface area (Å²) in [7, 11) is 0. The van der Waals surface area contributed by atoms with Crippen LogP contribution in [0.5, 0.6) is 0 Å². The van der Waals surface area contributed by atoms with E-state index in [2.05, 4.69) is 12.9 Å². The lowest BCUT2D eigenvalue weighted by Crippen LogP contribution is -2.46. The smallest absolute Gasteiger partial charge is 0.176 e. The van der Waals surface area contributed by atoms with Gasteiger partial charge in [-0.15, -0.1) is 0 Å². The molecular weight excluding hydrogens is 236 g/mol. The average Bonchev–Trinajstić information content (AvgIpc) is 2.24. The topological polar surface area (TPSA) is 9.23 Å². The normalized spacial score (nSPS) is 44.7. The zero-order valence-electron chi connectivity index (χ0n) is 9.65. The first-order valence-electron chi connectivity index (χ1n) is 6.53. The van der Waals surface area contributed by atoms with Gasteiger partial charge in [-0.2, -0.15) is 0 Å². The Morgan fingerprint density at radius 3 is 2.06 bits per heavy atom. The summed E-state index contributed by atoms with van der Waals surface area (Å²) in [5.41, 5.74) is 0.630. The Kier molecular flexibility index (Phi) is 2.95. The Morgan fingerprint density at radius 1 is 1.12 bits per heavy atom. The van der Waals surface area contributed by atoms with Crippen molar-refractivity contribution in [3.8, 4) is 0 Å². The lowest BCUT2D eigenvalue weighted by molar-refractivity contribution is -0.0562. The van der Waals surface area contributed by atoms with Gasteiger partial charge >= 0.3 is 0 Å². The minimum Gasteiger partial charge on any atom is -0.422 e. The van der Waals surface area contributed by atoms with Crippen LogP contribution in [0, 0.1) is 23.2 Å². The predicted octanol–water partition coefficient (Wildman–Crippen LogP) is 4.17. The number of rotatable bonds is 3. The van der Waals surface area contributed by atoms with Gasteiger partial charge in [-0.25, -0.2) is 0 Å². The van der Waals surface area contributed by atoms with E-state index >= 15 is 0 Å². The number of thiol groups is 1. The van der Waals surface area contributed by atoms with Gasteiger partial charge < -0.3 is 4.18 Å². The van der Waals surface area contributed by atoms with Crippen molar-refractivity contribution in [2.45, 2.75) is 51.4 Å². The highest BCUT2D eigenvalue weighted by molar-refractivity contribution is 7.82. The molecule has 0 aromatic carbocycles. The maximum atomic E-state index is 5.11. The minimum atomic E-state index is 0.630. The second kappa shape index (κ2) is 4.16. The largest absolute Gasteiger partial charge is 0.422 e. The summed E-state index contributed by atoms with van der Waals surface area (Å²) in [6.45, 7) is 0. The molecule has 0 spiro atoms. The summed E-state index contributed by atoms with van der Waals surface area (Å²) in [5, 5.41) is 0.680. The lowest BCUT2D eigenvalue weighted by atomic mass is 9.48. The molecule has 0 radical (unpaired) electrons. The highest BCUT2D eigenvalue weighted by Gasteiger charge is 2.50. The van der Waals surface area contributed by atoms with Crippen LogP contribution >= 0.6 is 25.1 Å². The van der Waals surface area contributed by atoms with Gasteiger partial charge in [0.15, 0.2) is 5.05 Å². The first kappa shape index (κ1) is 11.3. The van der Waals surface area contributed by atoms with Crippen LogP contribution in [0.2, 0.25) is 0 Å². The third-order valence-electron chi connectivity index (χ3n) is 5.13. The summed E-state index contributed by atoms with van der Waals surface area (Å²) in [6, 6.07) is 0. The van der Waals surface area contributed by atoms with Crippen LogP contribution in [0.15, 0.2) is 0 Å². The number of hydrogen-bond acceptors (Lipinski definition) is 3. The zero-order valence-corrected chi connectivity index (χ0v) is 11.4. The molecule has 0 saturated heterocycles. The summed E-state index contributed by atoms with van der Waals surface area (Å²) in [5.74, 6) is 3.12. The van der Waals surface area contributed by atoms with E-state index in [-0.39, 0.29) is 0 Å². The maximum absolute atomic E-state index is 5.11. The quantitative estimate of drug-likeness (QED) is 0.461. The first-order chi connectivity index (χ1) is 7.69. The summed E-state index contributed by atoms with van der Waals surface area (Å²) < 4.78 is 4.84. The van der Waals surface area contributed by atoms with E-state index < -0.39 is 0 Å². The second-order valence-corrected chi connectivity index (χ2v) is 7.02. The van der Waals surface area contributed by atoms with E-state index in [1.165, 1.54) is 44.9 Å². The molecule has 0 unspecified atom stereocenters. The fourth-order valence-corrected chi connectivity index (χ4v) is 5.20. The van der Waals surface area contributed by atoms with Crippen molar-refractivity contribution in [3.05, 3.63) is 0 Å². The molecule has 0 aromatic rings. The third-order valence-corrected chi connectivity index (χ3v) is 5.76. The van der Waals surface area contributed by atoms with Crippen molar-refractivity contribution in [3.63, 3.8) is 0 Å². The van der Waals surface area contributed by atoms with Gasteiger partial charge in [-0.1, -0.05) is 0 Å². The Hall–Kier alpha value is 0.240. The van der Waals surface area contributed by atoms with Crippen LogP contribution in [0.3, 0.4) is 0 Å². The molecule has 4 saturated carbocycles. The predicted molar refractivity (Wildman–Crippen MR) is 72.5 cm³/mol. The van der Waals surface area contributed by atoms with Crippen LogP contribution in [0.25, 0.3) is 0 Å². The van der Waals surface area contributed by atoms with Crippen molar-refractivity contribution in [1.82, 2.24) is 0 Å². The van der Waals surface area contributed by atoms with Crippen LogP contribution < -0.4 is 0 Å². The Morgan fingerprint density at radius 2 is 1.62 bits per heavy atom. The molecule has 4 aliphatic rings. The van der Waals surface area contributed by atoms with E-state index in [0.29, 0.717) is 10.5 Å². The molecule has 4 bridgehead atoms. The van der Waals surface area contributed by atoms with Gasteiger partial charge in [-0.05, 0) is 80.3 Å². The Bertz CT molecular complexity index is 265. The molecule has 0 atom stereocenters. The highest BCUT2D eigenvalue weighted by Crippen LogP contribution is 2.61. The van der Waals surface area contributed by atoms with E-state index in [0.717, 1.165) is 24.2 Å². The molecular formula is C13H20OS2. The molecule has 0 heterocycles. The second-order valence-electron chi connectivity index (χ2n) is 6.38. The minimum absolute atomic E-state index is 0.630. The van der Waals surface area contributed by atoms with Gasteiger partial charge in [0.05, 0.1) is 0 Å². The number of thiocarbonyl (C=S) groups is 1. The highest BCUT2D eigenvalue weighted by atomic mass is 32.1. The molecule has 4 fully saturated rings.